The lowest BCUT2D eigenvalue weighted by Crippen LogP contribution is -2.41. The average molecular weight is 322 g/mol. The first kappa shape index (κ1) is 23.8. The van der Waals surface area contributed by atoms with Crippen LogP contribution in [0.2, 0.25) is 0 Å². The minimum atomic E-state index is -1.22. The molecule has 4 N–H and O–H groups in total. The Balaban J connectivity index is 0. The molecule has 2 saturated carbocycles. The zero-order valence-corrected chi connectivity index (χ0v) is 13.2. The molecule has 0 aromatic rings. The Bertz CT molecular complexity index is 291. The molecule has 2 nitrogen and oxygen atoms in total. The molecule has 0 amide bonds. The summed E-state index contributed by atoms with van der Waals surface area (Å²) in [5.74, 6) is 1.12. The molecule has 2 fully saturated rings. The van der Waals surface area contributed by atoms with Gasteiger partial charge in [0, 0.05) is 0 Å². The van der Waals surface area contributed by atoms with E-state index in [9.17, 15) is 8.78 Å². The molecule has 0 heterocycles. The van der Waals surface area contributed by atoms with Gasteiger partial charge in [-0.3, -0.25) is 0 Å². The number of allylic oxidation sites excluding steroid dienone is 1. The molecule has 4 unspecified atom stereocenters. The van der Waals surface area contributed by atoms with E-state index in [4.69, 9.17) is 0 Å². The summed E-state index contributed by atoms with van der Waals surface area (Å²) in [7, 11) is 0. The van der Waals surface area contributed by atoms with Crippen LogP contribution in [0, 0.1) is 23.7 Å². The van der Waals surface area contributed by atoms with Crippen molar-refractivity contribution in [3.8, 4) is 0 Å². The maximum atomic E-state index is 14.2. The van der Waals surface area contributed by atoms with Gasteiger partial charge in [-0.25, -0.2) is 8.78 Å². The van der Waals surface area contributed by atoms with E-state index < -0.39 is 12.3 Å². The van der Waals surface area contributed by atoms with Crippen molar-refractivity contribution in [3.63, 3.8) is 0 Å². The third-order valence-electron chi connectivity index (χ3n) is 5.49. The Morgan fingerprint density at radius 2 is 1.55 bits per heavy atom. The smallest absolute Gasteiger partial charge is 0.134 e. The summed E-state index contributed by atoms with van der Waals surface area (Å²) in [6, 6.07) is 0. The van der Waals surface area contributed by atoms with Crippen molar-refractivity contribution in [1.29, 1.82) is 0 Å². The largest absolute Gasteiger partial charge is 0.412 e. The third-order valence-corrected chi connectivity index (χ3v) is 5.49. The zero-order chi connectivity index (χ0) is 13.8. The molecule has 0 spiro atoms. The standard InChI is InChI=1S/C17H28F2.CH4.2H2O/c1-3-4-5-13-7-9-14(10-8-13)15-11-6-12(2)16(18)17(15)19;;;/h3,12-17H,1,4-11H2,2H3;1H4;2*1H2. The summed E-state index contributed by atoms with van der Waals surface area (Å²) in [5.41, 5.74) is 0. The summed E-state index contributed by atoms with van der Waals surface area (Å²) in [5, 5.41) is 0. The maximum Gasteiger partial charge on any atom is 0.134 e. The van der Waals surface area contributed by atoms with Crippen LogP contribution in [0.5, 0.6) is 0 Å². The molecule has 0 aromatic carbocycles. The van der Waals surface area contributed by atoms with Gasteiger partial charge in [-0.15, -0.1) is 6.58 Å². The van der Waals surface area contributed by atoms with E-state index in [1.807, 2.05) is 13.0 Å². The van der Waals surface area contributed by atoms with E-state index in [0.717, 1.165) is 38.0 Å². The topological polar surface area (TPSA) is 63.0 Å². The Morgan fingerprint density at radius 1 is 0.955 bits per heavy atom. The Hall–Kier alpha value is -0.480. The van der Waals surface area contributed by atoms with Gasteiger partial charge < -0.3 is 11.0 Å². The van der Waals surface area contributed by atoms with Gasteiger partial charge in [0.1, 0.15) is 12.3 Å². The molecule has 0 saturated heterocycles. The highest BCUT2D eigenvalue weighted by Gasteiger charge is 2.42. The van der Waals surface area contributed by atoms with Crippen molar-refractivity contribution < 1.29 is 19.7 Å². The summed E-state index contributed by atoms with van der Waals surface area (Å²) in [4.78, 5) is 0. The van der Waals surface area contributed by atoms with Gasteiger partial charge in [-0.05, 0) is 62.2 Å². The molecular weight excluding hydrogens is 286 g/mol. The predicted molar refractivity (Wildman–Crippen MR) is 90.5 cm³/mol. The van der Waals surface area contributed by atoms with Crippen LogP contribution >= 0.6 is 0 Å². The van der Waals surface area contributed by atoms with E-state index >= 15 is 0 Å². The molecule has 2 rings (SSSR count). The first-order valence-electron chi connectivity index (χ1n) is 8.02. The van der Waals surface area contributed by atoms with Gasteiger partial charge in [-0.1, -0.05) is 33.3 Å². The Kier molecular flexibility index (Phi) is 12.0. The number of alkyl halides is 2. The fourth-order valence-corrected chi connectivity index (χ4v) is 4.08. The van der Waals surface area contributed by atoms with Crippen LogP contribution in [0.1, 0.15) is 65.7 Å². The number of rotatable bonds is 4. The van der Waals surface area contributed by atoms with Gasteiger partial charge in [0.2, 0.25) is 0 Å². The minimum absolute atomic E-state index is 0. The molecule has 4 atom stereocenters. The van der Waals surface area contributed by atoms with Crippen LogP contribution in [0.4, 0.5) is 8.78 Å². The normalized spacial score (nSPS) is 38.0. The summed E-state index contributed by atoms with van der Waals surface area (Å²) in [6.45, 7) is 5.61. The summed E-state index contributed by atoms with van der Waals surface area (Å²) < 4.78 is 28.0. The van der Waals surface area contributed by atoms with E-state index in [1.54, 1.807) is 0 Å². The number of halogens is 2. The second-order valence-electron chi connectivity index (χ2n) is 6.75. The number of hydrogen-bond acceptors (Lipinski definition) is 0. The molecule has 2 aliphatic rings. The summed E-state index contributed by atoms with van der Waals surface area (Å²) in [6.07, 6.45) is 8.24. The SMILES string of the molecule is C.C=CCCC1CCC(C2CCC(C)C(F)C2F)CC1.O.O. The molecule has 0 bridgehead atoms. The molecule has 4 heteroatoms. The van der Waals surface area contributed by atoms with Crippen LogP contribution in [0.25, 0.3) is 0 Å². The first-order valence-corrected chi connectivity index (χ1v) is 8.02. The molecule has 22 heavy (non-hydrogen) atoms. The summed E-state index contributed by atoms with van der Waals surface area (Å²) >= 11 is 0. The van der Waals surface area contributed by atoms with Gasteiger partial charge in [-0.2, -0.15) is 0 Å². The highest BCUT2D eigenvalue weighted by atomic mass is 19.2. The quantitative estimate of drug-likeness (QED) is 0.686. The molecule has 0 aromatic heterocycles. The highest BCUT2D eigenvalue weighted by Crippen LogP contribution is 2.44. The van der Waals surface area contributed by atoms with Crippen LogP contribution in [-0.4, -0.2) is 23.3 Å². The maximum absolute atomic E-state index is 14.2. The van der Waals surface area contributed by atoms with E-state index in [2.05, 4.69) is 6.58 Å². The van der Waals surface area contributed by atoms with Crippen LogP contribution < -0.4 is 0 Å². The third kappa shape index (κ3) is 5.62. The minimum Gasteiger partial charge on any atom is -0.412 e. The van der Waals surface area contributed by atoms with Crippen molar-refractivity contribution in [1.82, 2.24) is 0 Å². The highest BCUT2D eigenvalue weighted by molar-refractivity contribution is 4.91. The van der Waals surface area contributed by atoms with Crippen LogP contribution in [-0.2, 0) is 0 Å². The van der Waals surface area contributed by atoms with Crippen molar-refractivity contribution in [2.75, 3.05) is 0 Å². The van der Waals surface area contributed by atoms with Gasteiger partial charge >= 0.3 is 0 Å². The second-order valence-corrected chi connectivity index (χ2v) is 6.75. The zero-order valence-electron chi connectivity index (χ0n) is 13.2. The molecule has 2 aliphatic carbocycles. The lowest BCUT2D eigenvalue weighted by molar-refractivity contribution is -0.00659. The Morgan fingerprint density at radius 3 is 2.09 bits per heavy atom. The molecule has 0 aliphatic heterocycles. The number of hydrogen-bond donors (Lipinski definition) is 0. The Labute approximate surface area is 135 Å². The second kappa shape index (κ2) is 11.1. The van der Waals surface area contributed by atoms with Crippen LogP contribution in [0.15, 0.2) is 12.7 Å². The lowest BCUT2D eigenvalue weighted by Gasteiger charge is -2.40. The predicted octanol–water partition coefficient (Wildman–Crippen LogP) is 4.47. The van der Waals surface area contributed by atoms with Crippen LogP contribution in [0.3, 0.4) is 0 Å². The molecule has 134 valence electrons. The monoisotopic (exact) mass is 322 g/mol. The van der Waals surface area contributed by atoms with Crippen molar-refractivity contribution in [2.24, 2.45) is 23.7 Å². The van der Waals surface area contributed by atoms with Gasteiger partial charge in [0.05, 0.1) is 0 Å². The van der Waals surface area contributed by atoms with Gasteiger partial charge in [0.15, 0.2) is 0 Å². The fourth-order valence-electron chi connectivity index (χ4n) is 4.08. The fraction of sp³-hybridized carbons (Fsp3) is 0.889. The van der Waals surface area contributed by atoms with Crippen molar-refractivity contribution in [3.05, 3.63) is 12.7 Å². The average Bonchev–Trinajstić information content (AvgIpc) is 2.44. The van der Waals surface area contributed by atoms with E-state index in [-0.39, 0.29) is 30.2 Å². The van der Waals surface area contributed by atoms with Crippen molar-refractivity contribution >= 4 is 0 Å². The lowest BCUT2D eigenvalue weighted by atomic mass is 9.67. The van der Waals surface area contributed by atoms with Gasteiger partial charge in [0.25, 0.3) is 0 Å². The van der Waals surface area contributed by atoms with E-state index in [0.29, 0.717) is 5.92 Å². The van der Waals surface area contributed by atoms with Crippen molar-refractivity contribution in [2.45, 2.75) is 78.1 Å². The van der Waals surface area contributed by atoms with E-state index in [1.165, 1.54) is 19.3 Å². The molecular formula is C18H36F2O2. The molecule has 0 radical (unpaired) electrons. The first-order chi connectivity index (χ1) is 9.13.